The number of nitrogens with one attached hydrogen (secondary N) is 1. The molecule has 132 valence electrons. The minimum Gasteiger partial charge on any atom is -0.287 e. The first-order valence-corrected chi connectivity index (χ1v) is 9.58. The third kappa shape index (κ3) is 3.12. The molecule has 0 saturated carbocycles. The molecule has 0 atom stereocenters. The van der Waals surface area contributed by atoms with Crippen molar-refractivity contribution in [1.82, 2.24) is 14.6 Å². The fourth-order valence-corrected chi connectivity index (χ4v) is 3.70. The summed E-state index contributed by atoms with van der Waals surface area (Å²) >= 11 is 14.4. The number of fused-ring (bicyclic) bond motifs is 1. The molecule has 2 aromatic heterocycles. The van der Waals surface area contributed by atoms with Crippen LogP contribution in [0, 0.1) is 14.9 Å². The second-order valence-electron chi connectivity index (χ2n) is 5.74. The summed E-state index contributed by atoms with van der Waals surface area (Å²) in [5.74, 6) is 0. The molecule has 0 fully saturated rings. The Labute approximate surface area is 177 Å². The largest absolute Gasteiger partial charge is 0.287 e. The van der Waals surface area contributed by atoms with Crippen LogP contribution in [0.2, 0.25) is 10.0 Å². The number of hydrogen-bond acceptors (Lipinski definition) is 3. The lowest BCUT2D eigenvalue weighted by molar-refractivity contribution is 0.905. The normalized spacial score (nSPS) is 10.9. The van der Waals surface area contributed by atoms with Crippen LogP contribution >= 0.6 is 45.8 Å². The maximum atomic E-state index is 13.0. The number of H-pyrrole nitrogens is 1. The fraction of sp³-hybridized carbons (Fsp3) is 0. The van der Waals surface area contributed by atoms with Crippen molar-refractivity contribution >= 4 is 51.4 Å². The highest BCUT2D eigenvalue weighted by atomic mass is 127. The molecule has 0 aliphatic heterocycles. The molecule has 8 heteroatoms. The van der Waals surface area contributed by atoms with E-state index in [1.165, 1.54) is 10.7 Å². The second-order valence-corrected chi connectivity index (χ2v) is 7.83. The molecule has 4 rings (SSSR count). The number of nitriles is 1. The van der Waals surface area contributed by atoms with E-state index in [0.717, 1.165) is 9.13 Å². The van der Waals surface area contributed by atoms with Gasteiger partial charge in [-0.1, -0.05) is 35.3 Å². The predicted octanol–water partition coefficient (Wildman–Crippen LogP) is 5.14. The Morgan fingerprint density at radius 2 is 1.85 bits per heavy atom. The third-order valence-corrected chi connectivity index (χ3v) is 5.39. The van der Waals surface area contributed by atoms with Crippen molar-refractivity contribution in [3.8, 4) is 28.5 Å². The average molecular weight is 507 g/mol. The molecule has 0 aliphatic rings. The van der Waals surface area contributed by atoms with Crippen LogP contribution in [0.4, 0.5) is 0 Å². The van der Waals surface area contributed by atoms with Crippen molar-refractivity contribution in [2.75, 3.05) is 0 Å². The van der Waals surface area contributed by atoms with Crippen LogP contribution in [0.15, 0.2) is 53.5 Å². The minimum atomic E-state index is -0.297. The molecule has 2 heterocycles. The van der Waals surface area contributed by atoms with Crippen molar-refractivity contribution in [1.29, 1.82) is 5.26 Å². The molecule has 0 radical (unpaired) electrons. The lowest BCUT2D eigenvalue weighted by Gasteiger charge is -2.02. The van der Waals surface area contributed by atoms with Gasteiger partial charge in [-0.25, -0.2) is 4.98 Å². The number of nitrogens with zero attached hydrogens (tertiary/aromatic N) is 3. The van der Waals surface area contributed by atoms with E-state index in [4.69, 9.17) is 23.2 Å². The molecular weight excluding hydrogens is 498 g/mol. The third-order valence-electron chi connectivity index (χ3n) is 4.13. The highest BCUT2D eigenvalue weighted by molar-refractivity contribution is 14.1. The molecule has 1 N–H and O–H groups in total. The van der Waals surface area contributed by atoms with Crippen molar-refractivity contribution < 1.29 is 0 Å². The molecule has 4 aromatic rings. The van der Waals surface area contributed by atoms with E-state index in [1.807, 2.05) is 24.3 Å². The van der Waals surface area contributed by atoms with Gasteiger partial charge in [0.05, 0.1) is 16.3 Å². The Morgan fingerprint density at radius 3 is 2.52 bits per heavy atom. The summed E-state index contributed by atoms with van der Waals surface area (Å²) in [6, 6.07) is 14.6. The molecule has 2 aromatic carbocycles. The Balaban J connectivity index is 1.98. The highest BCUT2D eigenvalue weighted by Crippen LogP contribution is 2.32. The molecular formula is C19H9Cl2IN4O. The number of aromatic nitrogens is 3. The lowest BCUT2D eigenvalue weighted by Crippen LogP contribution is -2.17. The van der Waals surface area contributed by atoms with Gasteiger partial charge >= 0.3 is 0 Å². The van der Waals surface area contributed by atoms with Crippen LogP contribution in [0.25, 0.3) is 28.0 Å². The maximum Gasteiger partial charge on any atom is 0.280 e. The topological polar surface area (TPSA) is 73.9 Å². The number of rotatable bonds is 2. The second kappa shape index (κ2) is 7.00. The summed E-state index contributed by atoms with van der Waals surface area (Å²) in [6.45, 7) is 0. The van der Waals surface area contributed by atoms with Gasteiger partial charge in [0, 0.05) is 20.4 Å². The smallest absolute Gasteiger partial charge is 0.280 e. The maximum absolute atomic E-state index is 13.0. The van der Waals surface area contributed by atoms with Gasteiger partial charge in [0.15, 0.2) is 5.65 Å². The van der Waals surface area contributed by atoms with E-state index in [9.17, 15) is 10.1 Å². The van der Waals surface area contributed by atoms with Crippen LogP contribution in [-0.4, -0.2) is 14.6 Å². The van der Waals surface area contributed by atoms with Crippen molar-refractivity contribution in [2.24, 2.45) is 0 Å². The lowest BCUT2D eigenvalue weighted by atomic mass is 10.1. The average Bonchev–Trinajstić information content (AvgIpc) is 3.02. The van der Waals surface area contributed by atoms with Crippen molar-refractivity contribution in [3.05, 3.63) is 78.2 Å². The number of benzene rings is 2. The van der Waals surface area contributed by atoms with Gasteiger partial charge in [0.2, 0.25) is 0 Å². The van der Waals surface area contributed by atoms with Gasteiger partial charge < -0.3 is 0 Å². The standard InChI is InChI=1S/C19H9Cl2IN4O/c20-11-3-6-13(16(21)7-11)17-14(8-23)18-24-9-15(19(27)26(18)25-17)10-1-4-12(22)5-2-10/h1-7,9,25H. The number of hydrogen-bond donors (Lipinski definition) is 1. The van der Waals surface area contributed by atoms with Gasteiger partial charge in [0.25, 0.3) is 5.56 Å². The number of aromatic amines is 1. The first-order valence-electron chi connectivity index (χ1n) is 7.75. The van der Waals surface area contributed by atoms with Crippen molar-refractivity contribution in [2.45, 2.75) is 0 Å². The zero-order chi connectivity index (χ0) is 19.1. The van der Waals surface area contributed by atoms with E-state index < -0.39 is 0 Å². The summed E-state index contributed by atoms with van der Waals surface area (Å²) < 4.78 is 2.34. The summed E-state index contributed by atoms with van der Waals surface area (Å²) in [5, 5.41) is 13.4. The monoisotopic (exact) mass is 506 g/mol. The van der Waals surface area contributed by atoms with Gasteiger partial charge in [-0.3, -0.25) is 9.89 Å². The Bertz CT molecular complexity index is 1290. The molecule has 27 heavy (non-hydrogen) atoms. The van der Waals surface area contributed by atoms with Crippen LogP contribution in [0.1, 0.15) is 5.56 Å². The van der Waals surface area contributed by atoms with Gasteiger partial charge in [0.1, 0.15) is 11.6 Å². The molecule has 5 nitrogen and oxygen atoms in total. The minimum absolute atomic E-state index is 0.241. The van der Waals surface area contributed by atoms with Crippen molar-refractivity contribution in [3.63, 3.8) is 0 Å². The van der Waals surface area contributed by atoms with E-state index in [0.29, 0.717) is 26.9 Å². The molecule has 0 aliphatic carbocycles. The van der Waals surface area contributed by atoms with E-state index in [2.05, 4.69) is 38.7 Å². The number of halogens is 3. The quantitative estimate of drug-likeness (QED) is 0.382. The Morgan fingerprint density at radius 1 is 1.11 bits per heavy atom. The van der Waals surface area contributed by atoms with E-state index in [-0.39, 0.29) is 16.8 Å². The highest BCUT2D eigenvalue weighted by Gasteiger charge is 2.19. The van der Waals surface area contributed by atoms with Crippen LogP contribution in [0.3, 0.4) is 0 Å². The molecule has 0 saturated heterocycles. The van der Waals surface area contributed by atoms with Crippen LogP contribution in [-0.2, 0) is 0 Å². The summed E-state index contributed by atoms with van der Waals surface area (Å²) in [6.07, 6.45) is 1.49. The summed E-state index contributed by atoms with van der Waals surface area (Å²) in [5.41, 5.74) is 2.36. The van der Waals surface area contributed by atoms with E-state index in [1.54, 1.807) is 18.2 Å². The van der Waals surface area contributed by atoms with E-state index >= 15 is 0 Å². The summed E-state index contributed by atoms with van der Waals surface area (Å²) in [7, 11) is 0. The molecule has 0 spiro atoms. The SMILES string of the molecule is N#Cc1c(-c2ccc(Cl)cc2Cl)[nH]n2c(=O)c(-c3ccc(I)cc3)cnc12. The molecule has 0 unspecified atom stereocenters. The van der Waals surface area contributed by atoms with Crippen LogP contribution < -0.4 is 5.56 Å². The fourth-order valence-electron chi connectivity index (χ4n) is 2.84. The first-order chi connectivity index (χ1) is 13.0. The van der Waals surface area contributed by atoms with Gasteiger partial charge in [-0.15, -0.1) is 0 Å². The molecule has 0 amide bonds. The van der Waals surface area contributed by atoms with Crippen LogP contribution in [0.5, 0.6) is 0 Å². The van der Waals surface area contributed by atoms with Gasteiger partial charge in [-0.2, -0.15) is 9.78 Å². The zero-order valence-corrected chi connectivity index (χ0v) is 17.2. The van der Waals surface area contributed by atoms with Gasteiger partial charge in [-0.05, 0) is 58.5 Å². The molecule has 0 bridgehead atoms. The summed E-state index contributed by atoms with van der Waals surface area (Å²) in [4.78, 5) is 17.3. The Hall–Kier alpha value is -2.34. The zero-order valence-electron chi connectivity index (χ0n) is 13.5. The Kier molecular flexibility index (Phi) is 4.68. The predicted molar refractivity (Wildman–Crippen MR) is 114 cm³/mol. The first kappa shape index (κ1) is 18.0.